The van der Waals surface area contributed by atoms with Crippen LogP contribution >= 0.6 is 0 Å². The van der Waals surface area contributed by atoms with Gasteiger partial charge in [-0.15, -0.1) is 0 Å². The number of halogens is 2. The minimum atomic E-state index is -2.92. The number of unbranched alkanes of at least 4 members (excludes halogenated alkanes) is 1. The van der Waals surface area contributed by atoms with E-state index in [1.165, 1.54) is 24.3 Å². The maximum atomic E-state index is 12.0. The number of amides is 1. The molecule has 0 saturated heterocycles. The molecular formula is C15H20F2N2O4. The van der Waals surface area contributed by atoms with Gasteiger partial charge in [0, 0.05) is 5.69 Å². The van der Waals surface area contributed by atoms with Crippen molar-refractivity contribution in [3.05, 3.63) is 24.3 Å². The van der Waals surface area contributed by atoms with E-state index in [4.69, 9.17) is 0 Å². The Kier molecular flexibility index (Phi) is 7.96. The smallest absolute Gasteiger partial charge is 0.387 e. The minimum Gasteiger partial charge on any atom is -0.544 e. The highest BCUT2D eigenvalue weighted by Gasteiger charge is 2.18. The summed E-state index contributed by atoms with van der Waals surface area (Å²) in [7, 11) is 0. The number of carboxylic acid groups (broad SMARTS) is 1. The van der Waals surface area contributed by atoms with Gasteiger partial charge in [0.15, 0.2) is 0 Å². The number of nitrogens with two attached hydrogens (primary N) is 1. The highest BCUT2D eigenvalue weighted by molar-refractivity contribution is 5.93. The number of quaternary nitrogens is 1. The number of carboxylic acids is 1. The van der Waals surface area contributed by atoms with Crippen molar-refractivity contribution < 1.29 is 33.5 Å². The van der Waals surface area contributed by atoms with E-state index in [-0.39, 0.29) is 12.2 Å². The van der Waals surface area contributed by atoms with Crippen molar-refractivity contribution in [3.63, 3.8) is 0 Å². The Balaban J connectivity index is 2.51. The van der Waals surface area contributed by atoms with Crippen molar-refractivity contribution in [2.75, 3.05) is 11.9 Å². The van der Waals surface area contributed by atoms with Gasteiger partial charge in [0.1, 0.15) is 11.8 Å². The normalized spacial score (nSPS) is 12.0. The Morgan fingerprint density at radius 3 is 2.48 bits per heavy atom. The summed E-state index contributed by atoms with van der Waals surface area (Å²) in [6, 6.07) is 4.40. The maximum Gasteiger partial charge on any atom is 0.387 e. The molecule has 0 heterocycles. The molecule has 6 nitrogen and oxygen atoms in total. The monoisotopic (exact) mass is 330 g/mol. The van der Waals surface area contributed by atoms with Crippen molar-refractivity contribution in [2.24, 2.45) is 0 Å². The topological polar surface area (TPSA) is 95.1 Å². The van der Waals surface area contributed by atoms with Gasteiger partial charge in [-0.1, -0.05) is 13.3 Å². The number of alkyl halides is 2. The van der Waals surface area contributed by atoms with E-state index in [0.29, 0.717) is 12.2 Å². The number of anilines is 1. The van der Waals surface area contributed by atoms with Crippen LogP contribution in [0.1, 0.15) is 26.2 Å². The zero-order valence-corrected chi connectivity index (χ0v) is 12.8. The van der Waals surface area contributed by atoms with Crippen LogP contribution < -0.4 is 20.5 Å². The summed E-state index contributed by atoms with van der Waals surface area (Å²) in [5.74, 6) is -1.81. The molecule has 1 rings (SSSR count). The van der Waals surface area contributed by atoms with Crippen molar-refractivity contribution in [2.45, 2.75) is 38.8 Å². The second kappa shape index (κ2) is 9.73. The number of benzene rings is 1. The molecular weight excluding hydrogens is 310 g/mol. The number of aliphatic carboxylic acids is 1. The van der Waals surface area contributed by atoms with E-state index in [9.17, 15) is 23.5 Å². The molecule has 0 aliphatic rings. The van der Waals surface area contributed by atoms with Crippen LogP contribution in [-0.2, 0) is 9.59 Å². The second-order valence-corrected chi connectivity index (χ2v) is 4.96. The van der Waals surface area contributed by atoms with Gasteiger partial charge in [0.2, 0.25) is 5.91 Å². The summed E-state index contributed by atoms with van der Waals surface area (Å²) in [5, 5.41) is 15.1. The van der Waals surface area contributed by atoms with Gasteiger partial charge in [0.05, 0.1) is 18.9 Å². The van der Waals surface area contributed by atoms with Gasteiger partial charge in [-0.3, -0.25) is 4.79 Å². The lowest BCUT2D eigenvalue weighted by Gasteiger charge is -2.16. The molecule has 0 aliphatic heterocycles. The van der Waals surface area contributed by atoms with E-state index in [0.717, 1.165) is 12.8 Å². The van der Waals surface area contributed by atoms with Crippen molar-refractivity contribution in [3.8, 4) is 5.75 Å². The fourth-order valence-corrected chi connectivity index (χ4v) is 1.92. The summed E-state index contributed by atoms with van der Waals surface area (Å²) >= 11 is 0. The first-order valence-electron chi connectivity index (χ1n) is 7.31. The quantitative estimate of drug-likeness (QED) is 0.595. The molecule has 0 radical (unpaired) electrons. The van der Waals surface area contributed by atoms with E-state index < -0.39 is 24.5 Å². The lowest BCUT2D eigenvalue weighted by molar-refractivity contribution is -0.682. The molecule has 1 aromatic rings. The van der Waals surface area contributed by atoms with Crippen LogP contribution in [0.5, 0.6) is 5.75 Å². The van der Waals surface area contributed by atoms with Crippen LogP contribution in [-0.4, -0.2) is 31.1 Å². The second-order valence-electron chi connectivity index (χ2n) is 4.96. The molecule has 0 aromatic heterocycles. The average molecular weight is 330 g/mol. The van der Waals surface area contributed by atoms with Crippen molar-refractivity contribution in [1.82, 2.24) is 0 Å². The largest absolute Gasteiger partial charge is 0.544 e. The first kappa shape index (κ1) is 18.8. The molecule has 0 saturated carbocycles. The van der Waals surface area contributed by atoms with Crippen LogP contribution in [0, 0.1) is 0 Å². The molecule has 128 valence electrons. The zero-order chi connectivity index (χ0) is 17.2. The van der Waals surface area contributed by atoms with Gasteiger partial charge < -0.3 is 25.3 Å². The third-order valence-corrected chi connectivity index (χ3v) is 3.08. The van der Waals surface area contributed by atoms with Crippen molar-refractivity contribution in [1.29, 1.82) is 0 Å². The van der Waals surface area contributed by atoms with Crippen LogP contribution in [0.4, 0.5) is 14.5 Å². The molecule has 3 N–H and O–H groups in total. The van der Waals surface area contributed by atoms with Crippen LogP contribution in [0.3, 0.4) is 0 Å². The number of rotatable bonds is 10. The number of hydrogen-bond acceptors (Lipinski definition) is 4. The predicted molar refractivity (Wildman–Crippen MR) is 76.8 cm³/mol. The van der Waals surface area contributed by atoms with Crippen LogP contribution in [0.2, 0.25) is 0 Å². The number of nitrogens with one attached hydrogen (secondary N) is 1. The van der Waals surface area contributed by atoms with Crippen LogP contribution in [0.25, 0.3) is 0 Å². The van der Waals surface area contributed by atoms with Gasteiger partial charge in [0.25, 0.3) is 0 Å². The maximum absolute atomic E-state index is 12.0. The van der Waals surface area contributed by atoms with Gasteiger partial charge >= 0.3 is 6.61 Å². The van der Waals surface area contributed by atoms with E-state index in [1.54, 1.807) is 5.32 Å². The molecule has 1 atom stereocenters. The fraction of sp³-hybridized carbons (Fsp3) is 0.467. The summed E-state index contributed by atoms with van der Waals surface area (Å²) in [5.41, 5.74) is 0.363. The standard InChI is InChI=1S/C15H20F2N2O4/c1-2-3-8-18-12(14(21)22)9-13(20)19-10-4-6-11(7-5-10)23-15(16)17/h4-7,12,15,18H,2-3,8-9H2,1H3,(H,19,20)(H,21,22)/t12-/m0/s1. The predicted octanol–water partition coefficient (Wildman–Crippen LogP) is 0.0986. The number of carbonyl (C=O) groups is 2. The van der Waals surface area contributed by atoms with E-state index in [2.05, 4.69) is 10.1 Å². The van der Waals surface area contributed by atoms with E-state index in [1.807, 2.05) is 6.92 Å². The first-order valence-corrected chi connectivity index (χ1v) is 7.31. The van der Waals surface area contributed by atoms with E-state index >= 15 is 0 Å². The zero-order valence-electron chi connectivity index (χ0n) is 12.8. The van der Waals surface area contributed by atoms with Gasteiger partial charge in [-0.25, -0.2) is 0 Å². The lowest BCUT2D eigenvalue weighted by atomic mass is 10.2. The number of carbonyl (C=O) groups excluding carboxylic acids is 2. The fourth-order valence-electron chi connectivity index (χ4n) is 1.92. The van der Waals surface area contributed by atoms with Gasteiger partial charge in [-0.2, -0.15) is 8.78 Å². The average Bonchev–Trinajstić information content (AvgIpc) is 2.47. The SMILES string of the molecule is CCCC[NH2+][C@@H](CC(=O)Nc1ccc(OC(F)F)cc1)C(=O)[O-]. The van der Waals surface area contributed by atoms with Crippen LogP contribution in [0.15, 0.2) is 24.3 Å². The Bertz CT molecular complexity index is 509. The molecule has 0 fully saturated rings. The van der Waals surface area contributed by atoms with Gasteiger partial charge in [-0.05, 0) is 30.7 Å². The molecule has 0 spiro atoms. The molecule has 0 aliphatic carbocycles. The molecule has 1 aromatic carbocycles. The highest BCUT2D eigenvalue weighted by Crippen LogP contribution is 2.17. The summed E-state index contributed by atoms with van der Waals surface area (Å²) in [6.07, 6.45) is 1.54. The molecule has 0 bridgehead atoms. The molecule has 0 unspecified atom stereocenters. The third kappa shape index (κ3) is 7.55. The third-order valence-electron chi connectivity index (χ3n) is 3.08. The highest BCUT2D eigenvalue weighted by atomic mass is 19.3. The summed E-state index contributed by atoms with van der Waals surface area (Å²) in [6.45, 7) is -0.337. The summed E-state index contributed by atoms with van der Waals surface area (Å²) in [4.78, 5) is 22.9. The molecule has 23 heavy (non-hydrogen) atoms. The number of hydrogen-bond donors (Lipinski definition) is 2. The molecule has 1 amide bonds. The summed E-state index contributed by atoms with van der Waals surface area (Å²) < 4.78 is 28.2. The Morgan fingerprint density at radius 1 is 1.30 bits per heavy atom. The first-order chi connectivity index (χ1) is 10.9. The minimum absolute atomic E-state index is 0.0292. The van der Waals surface area contributed by atoms with Crippen molar-refractivity contribution >= 4 is 17.6 Å². The molecule has 8 heteroatoms. The number of ether oxygens (including phenoxy) is 1. The lowest BCUT2D eigenvalue weighted by Crippen LogP contribution is -2.93. The Morgan fingerprint density at radius 2 is 1.96 bits per heavy atom. The Labute approximate surface area is 132 Å². The Hall–Kier alpha value is -2.22.